The molecule has 0 spiro atoms. The highest BCUT2D eigenvalue weighted by molar-refractivity contribution is 6.43. The van der Waals surface area contributed by atoms with Crippen LogP contribution >= 0.6 is 0 Å². The smallest absolute Gasteiger partial charge is 0.441 e. The zero-order valence-electron chi connectivity index (χ0n) is 20.6. The van der Waals surface area contributed by atoms with E-state index in [2.05, 4.69) is 5.32 Å². The van der Waals surface area contributed by atoms with Crippen molar-refractivity contribution in [1.82, 2.24) is 15.1 Å². The Morgan fingerprint density at radius 1 is 1.32 bits per heavy atom. The quantitative estimate of drug-likeness (QED) is 0.268. The van der Waals surface area contributed by atoms with Crippen molar-refractivity contribution in [3.05, 3.63) is 47.5 Å². The van der Waals surface area contributed by atoms with E-state index < -0.39 is 61.9 Å². The molecule has 3 N–H and O–H groups in total. The summed E-state index contributed by atoms with van der Waals surface area (Å²) in [4.78, 5) is 27.8. The minimum atomic E-state index is -2.85. The number of hydrogen-bond acceptors (Lipinski definition) is 7. The van der Waals surface area contributed by atoms with Crippen LogP contribution in [0.5, 0.6) is 0 Å². The molecular weight excluding hydrogens is 492 g/mol. The fraction of sp³-hybridized carbons (Fsp3) is 0.542. The summed E-state index contributed by atoms with van der Waals surface area (Å²) in [5.41, 5.74) is -0.633. The molecule has 1 unspecified atom stereocenters. The van der Waals surface area contributed by atoms with Crippen LogP contribution < -0.4 is 5.32 Å². The molecule has 0 radical (unpaired) electrons. The number of ether oxygens (including phenoxy) is 1. The molecule has 2 fully saturated rings. The van der Waals surface area contributed by atoms with E-state index >= 15 is 0 Å². The number of rotatable bonds is 8. The molecule has 2 amide bonds. The number of halogens is 3. The summed E-state index contributed by atoms with van der Waals surface area (Å²) in [5, 5.41) is 31.1. The molecule has 0 aromatic heterocycles. The van der Waals surface area contributed by atoms with Crippen LogP contribution in [0.1, 0.15) is 25.8 Å². The number of hydrogen-bond donors (Lipinski definition) is 3. The maximum absolute atomic E-state index is 14.6. The van der Waals surface area contributed by atoms with E-state index in [9.17, 15) is 38.1 Å². The lowest BCUT2D eigenvalue weighted by atomic mass is 9.76. The fourth-order valence-corrected chi connectivity index (χ4v) is 4.42. The highest BCUT2D eigenvalue weighted by Crippen LogP contribution is 2.33. The SMILES string of the molecule is CC(C)(C=C(C#N)C(=O)N1C[C@H](F)[C@H](OC(=O)NC(Cc2ccccc2)B(O)O)C1)N1CCC(F)(F)C1. The van der Waals surface area contributed by atoms with Gasteiger partial charge in [-0.15, -0.1) is 0 Å². The Balaban J connectivity index is 1.61. The summed E-state index contributed by atoms with van der Waals surface area (Å²) in [6.45, 7) is 2.04. The number of carbonyl (C=O) groups excluding carboxylic acids is 2. The van der Waals surface area contributed by atoms with Crippen LogP contribution in [-0.4, -0.2) is 94.8 Å². The Bertz CT molecular complexity index is 1050. The van der Waals surface area contributed by atoms with Gasteiger partial charge in [-0.2, -0.15) is 5.26 Å². The van der Waals surface area contributed by atoms with Crippen molar-refractivity contribution in [3.63, 3.8) is 0 Å². The highest BCUT2D eigenvalue weighted by Gasteiger charge is 2.44. The molecule has 37 heavy (non-hydrogen) atoms. The summed E-state index contributed by atoms with van der Waals surface area (Å²) >= 11 is 0. The largest absolute Gasteiger partial charge is 0.475 e. The van der Waals surface area contributed by atoms with Gasteiger partial charge in [0.25, 0.3) is 11.8 Å². The van der Waals surface area contributed by atoms with Gasteiger partial charge >= 0.3 is 13.2 Å². The minimum Gasteiger partial charge on any atom is -0.441 e. The van der Waals surface area contributed by atoms with Crippen molar-refractivity contribution < 1.29 is 37.5 Å². The number of amides is 2. The van der Waals surface area contributed by atoms with Gasteiger partial charge < -0.3 is 25.0 Å². The number of alkyl halides is 3. The predicted molar refractivity (Wildman–Crippen MR) is 128 cm³/mol. The molecule has 1 aromatic rings. The van der Waals surface area contributed by atoms with Gasteiger partial charge in [0, 0.05) is 18.5 Å². The Kier molecular flexibility index (Phi) is 8.89. The Morgan fingerprint density at radius 2 is 2.00 bits per heavy atom. The van der Waals surface area contributed by atoms with E-state index in [0.29, 0.717) is 0 Å². The molecule has 0 aliphatic carbocycles. The van der Waals surface area contributed by atoms with Crippen molar-refractivity contribution in [2.75, 3.05) is 26.2 Å². The summed E-state index contributed by atoms with van der Waals surface area (Å²) in [7, 11) is -1.90. The summed E-state index contributed by atoms with van der Waals surface area (Å²) in [5.74, 6) is -4.78. The second-order valence-electron chi connectivity index (χ2n) is 9.88. The van der Waals surface area contributed by atoms with Gasteiger partial charge in [0.15, 0.2) is 12.3 Å². The average Bonchev–Trinajstić information content (AvgIpc) is 3.39. The normalized spacial score (nSPS) is 22.9. The maximum Gasteiger partial charge on any atom is 0.475 e. The van der Waals surface area contributed by atoms with Crippen LogP contribution in [0.15, 0.2) is 42.0 Å². The zero-order chi connectivity index (χ0) is 27.4. The standard InChI is InChI=1S/C24H30BF3N4O5/c1-23(2,32-9-8-24(27,28)15-32)11-17(12-29)21(33)31-13-18(26)19(14-31)37-22(34)30-20(25(35)36)10-16-6-4-3-5-7-16/h3-7,11,18-20,35-36H,8-10,13-15H2,1-2H3,(H,30,34)/t18-,19+,20?/m0/s1. The molecule has 2 aliphatic rings. The Morgan fingerprint density at radius 3 is 2.57 bits per heavy atom. The maximum atomic E-state index is 14.6. The first-order valence-corrected chi connectivity index (χ1v) is 11.9. The van der Waals surface area contributed by atoms with Crippen LogP contribution in [0, 0.1) is 11.3 Å². The third kappa shape index (κ3) is 7.47. The van der Waals surface area contributed by atoms with Crippen LogP contribution in [0.3, 0.4) is 0 Å². The number of benzene rings is 1. The molecular formula is C24H30BF3N4O5. The predicted octanol–water partition coefficient (Wildman–Crippen LogP) is 1.45. The van der Waals surface area contributed by atoms with Gasteiger partial charge in [0.1, 0.15) is 11.6 Å². The van der Waals surface area contributed by atoms with Gasteiger partial charge in [0.05, 0.1) is 25.6 Å². The molecule has 9 nitrogen and oxygen atoms in total. The first-order chi connectivity index (χ1) is 17.3. The van der Waals surface area contributed by atoms with Crippen molar-refractivity contribution in [3.8, 4) is 6.07 Å². The lowest BCUT2D eigenvalue weighted by Crippen LogP contribution is -2.49. The lowest BCUT2D eigenvalue weighted by molar-refractivity contribution is -0.126. The van der Waals surface area contributed by atoms with Gasteiger partial charge in [-0.25, -0.2) is 18.0 Å². The van der Waals surface area contributed by atoms with E-state index in [4.69, 9.17) is 4.74 Å². The van der Waals surface area contributed by atoms with Crippen LogP contribution in [-0.2, 0) is 16.0 Å². The molecule has 3 atom stereocenters. The number of carbonyl (C=O) groups is 2. The average molecular weight is 522 g/mol. The van der Waals surface area contributed by atoms with E-state index in [1.54, 1.807) is 50.2 Å². The minimum absolute atomic E-state index is 0.0804. The van der Waals surface area contributed by atoms with Crippen LogP contribution in [0.2, 0.25) is 0 Å². The second kappa shape index (κ2) is 11.5. The first-order valence-electron chi connectivity index (χ1n) is 11.9. The molecule has 2 saturated heterocycles. The molecule has 200 valence electrons. The van der Waals surface area contributed by atoms with Gasteiger partial charge in [-0.1, -0.05) is 30.3 Å². The molecule has 2 heterocycles. The van der Waals surface area contributed by atoms with Crippen LogP contribution in [0.4, 0.5) is 18.0 Å². The second-order valence-corrected chi connectivity index (χ2v) is 9.88. The number of nitriles is 1. The van der Waals surface area contributed by atoms with E-state index in [0.717, 1.165) is 10.5 Å². The number of nitrogens with one attached hydrogen (secondary N) is 1. The summed E-state index contributed by atoms with van der Waals surface area (Å²) in [6.07, 6.45) is -3.13. The van der Waals surface area contributed by atoms with Crippen molar-refractivity contribution in [2.45, 2.75) is 56.4 Å². The molecule has 1 aromatic carbocycles. The molecule has 2 aliphatic heterocycles. The first kappa shape index (κ1) is 28.5. The number of nitrogens with zero attached hydrogens (tertiary/aromatic N) is 3. The molecule has 0 bridgehead atoms. The lowest BCUT2D eigenvalue weighted by Gasteiger charge is -2.33. The van der Waals surface area contributed by atoms with E-state index in [-0.39, 0.29) is 31.5 Å². The van der Waals surface area contributed by atoms with Crippen molar-refractivity contribution >= 4 is 19.1 Å². The molecule has 13 heteroatoms. The Labute approximate surface area is 213 Å². The third-order valence-corrected chi connectivity index (χ3v) is 6.54. The van der Waals surface area contributed by atoms with Crippen molar-refractivity contribution in [2.24, 2.45) is 0 Å². The number of alkyl carbamates (subject to hydrolysis) is 1. The summed E-state index contributed by atoms with van der Waals surface area (Å²) < 4.78 is 47.1. The van der Waals surface area contributed by atoms with Crippen LogP contribution in [0.25, 0.3) is 0 Å². The fourth-order valence-electron chi connectivity index (χ4n) is 4.42. The molecule has 3 rings (SSSR count). The van der Waals surface area contributed by atoms with Gasteiger partial charge in [-0.05, 0) is 31.9 Å². The highest BCUT2D eigenvalue weighted by atomic mass is 19.3. The van der Waals surface area contributed by atoms with E-state index in [1.165, 1.54) is 11.0 Å². The topological polar surface area (TPSA) is 126 Å². The monoisotopic (exact) mass is 522 g/mol. The van der Waals surface area contributed by atoms with Crippen molar-refractivity contribution in [1.29, 1.82) is 5.26 Å². The molecule has 0 saturated carbocycles. The van der Waals surface area contributed by atoms with Gasteiger partial charge in [0.2, 0.25) is 0 Å². The van der Waals surface area contributed by atoms with Gasteiger partial charge in [-0.3, -0.25) is 9.69 Å². The van der Waals surface area contributed by atoms with E-state index in [1.807, 2.05) is 0 Å². The summed E-state index contributed by atoms with van der Waals surface area (Å²) in [6, 6.07) is 10.5. The third-order valence-electron chi connectivity index (χ3n) is 6.54. The number of likely N-dealkylation sites (tertiary alicyclic amines) is 2. The zero-order valence-corrected chi connectivity index (χ0v) is 20.6. The Hall–Kier alpha value is -3.08.